The van der Waals surface area contributed by atoms with Crippen molar-refractivity contribution in [2.45, 2.75) is 55.4 Å². The Bertz CT molecular complexity index is 1230. The third-order valence-electron chi connectivity index (χ3n) is 7.74. The summed E-state index contributed by atoms with van der Waals surface area (Å²) in [7, 11) is 0. The highest BCUT2D eigenvalue weighted by atomic mass is 35.5. The Kier molecular flexibility index (Phi) is 10.7. The summed E-state index contributed by atoms with van der Waals surface area (Å²) in [5.41, 5.74) is 4.98. The van der Waals surface area contributed by atoms with E-state index in [1.165, 1.54) is 32.3 Å². The fraction of sp³-hybridized carbons (Fsp3) is 0.455. The van der Waals surface area contributed by atoms with Crippen molar-refractivity contribution in [2.75, 3.05) is 57.7 Å². The van der Waals surface area contributed by atoms with Gasteiger partial charge in [-0.05, 0) is 86.3 Å². The van der Waals surface area contributed by atoms with Gasteiger partial charge in [0.1, 0.15) is 12.4 Å². The minimum atomic E-state index is 0.556. The van der Waals surface area contributed by atoms with E-state index in [0.717, 1.165) is 88.9 Å². The smallest absolute Gasteiger partial charge is 0.119 e. The molecule has 2 heterocycles. The first-order chi connectivity index (χ1) is 19.5. The predicted octanol–water partition coefficient (Wildman–Crippen LogP) is 7.11. The summed E-state index contributed by atoms with van der Waals surface area (Å²) in [5, 5.41) is 8.00. The standard InChI is InChI=1S/C33H43ClN4OS/c1-25(2)35-17-5-7-26-11-13-27(14-12-26)39-24-23-38-21-19-37(20-22-38)18-6-8-28-29(34)15-16-32-33(28)36-30-9-3-4-10-31(30)40-32/h3-4,9-16,25,35-36H,5-8,17-24H2,1-2H3. The van der Waals surface area contributed by atoms with Crippen LogP contribution in [0.2, 0.25) is 5.02 Å². The molecule has 2 aliphatic rings. The Morgan fingerprint density at radius 3 is 2.40 bits per heavy atom. The minimum Gasteiger partial charge on any atom is -0.492 e. The van der Waals surface area contributed by atoms with Crippen molar-refractivity contribution < 1.29 is 4.74 Å². The van der Waals surface area contributed by atoms with Gasteiger partial charge in [-0.1, -0.05) is 61.5 Å². The molecule has 40 heavy (non-hydrogen) atoms. The summed E-state index contributed by atoms with van der Waals surface area (Å²) in [6.07, 6.45) is 4.37. The topological polar surface area (TPSA) is 39.8 Å². The number of hydrogen-bond donors (Lipinski definition) is 2. The van der Waals surface area contributed by atoms with Crippen LogP contribution in [0.3, 0.4) is 0 Å². The molecule has 7 heteroatoms. The lowest BCUT2D eigenvalue weighted by molar-refractivity contribution is 0.116. The summed E-state index contributed by atoms with van der Waals surface area (Å²) >= 11 is 8.51. The van der Waals surface area contributed by atoms with Crippen molar-refractivity contribution in [1.29, 1.82) is 0 Å². The molecule has 0 aromatic heterocycles. The monoisotopic (exact) mass is 578 g/mol. The zero-order chi connectivity index (χ0) is 27.7. The summed E-state index contributed by atoms with van der Waals surface area (Å²) < 4.78 is 6.05. The number of nitrogens with one attached hydrogen (secondary N) is 2. The SMILES string of the molecule is CC(C)NCCCc1ccc(OCCN2CCN(CCCc3c(Cl)ccc4c3Nc3ccccc3S4)CC2)cc1. The molecule has 0 radical (unpaired) electrons. The number of ether oxygens (including phenoxy) is 1. The van der Waals surface area contributed by atoms with E-state index < -0.39 is 0 Å². The van der Waals surface area contributed by atoms with Crippen molar-refractivity contribution in [3.63, 3.8) is 0 Å². The molecule has 0 saturated carbocycles. The maximum atomic E-state index is 6.68. The third-order valence-corrected chi connectivity index (χ3v) is 9.23. The van der Waals surface area contributed by atoms with Gasteiger partial charge in [-0.3, -0.25) is 4.90 Å². The van der Waals surface area contributed by atoms with E-state index in [0.29, 0.717) is 6.04 Å². The second kappa shape index (κ2) is 14.6. The fourth-order valence-corrected chi connectivity index (χ4v) is 6.70. The Hall–Kier alpha value is -2.22. The van der Waals surface area contributed by atoms with Crippen LogP contribution in [0.15, 0.2) is 70.5 Å². The Labute approximate surface area is 249 Å². The second-order valence-corrected chi connectivity index (χ2v) is 12.6. The van der Waals surface area contributed by atoms with Gasteiger partial charge >= 0.3 is 0 Å². The lowest BCUT2D eigenvalue weighted by Crippen LogP contribution is -2.47. The Morgan fingerprint density at radius 1 is 0.875 bits per heavy atom. The van der Waals surface area contributed by atoms with Gasteiger partial charge in [0.05, 0.1) is 11.4 Å². The van der Waals surface area contributed by atoms with Crippen molar-refractivity contribution in [2.24, 2.45) is 0 Å². The number of nitrogens with zero attached hydrogens (tertiary/aromatic N) is 2. The van der Waals surface area contributed by atoms with Gasteiger partial charge in [-0.25, -0.2) is 0 Å². The summed E-state index contributed by atoms with van der Waals surface area (Å²) in [5.74, 6) is 0.973. The summed E-state index contributed by atoms with van der Waals surface area (Å²) in [4.78, 5) is 7.65. The first-order valence-corrected chi connectivity index (χ1v) is 16.0. The zero-order valence-corrected chi connectivity index (χ0v) is 25.5. The number of hydrogen-bond acceptors (Lipinski definition) is 6. The van der Waals surface area contributed by atoms with Gasteiger partial charge in [0, 0.05) is 53.6 Å². The predicted molar refractivity (Wildman–Crippen MR) is 170 cm³/mol. The van der Waals surface area contributed by atoms with Crippen LogP contribution in [0.5, 0.6) is 5.75 Å². The highest BCUT2D eigenvalue weighted by Crippen LogP contribution is 2.47. The first-order valence-electron chi connectivity index (χ1n) is 14.8. The molecule has 0 aliphatic carbocycles. The highest BCUT2D eigenvalue weighted by molar-refractivity contribution is 7.99. The third kappa shape index (κ3) is 8.17. The van der Waals surface area contributed by atoms with Crippen LogP contribution in [-0.4, -0.2) is 68.3 Å². The van der Waals surface area contributed by atoms with Crippen LogP contribution in [0, 0.1) is 0 Å². The Morgan fingerprint density at radius 2 is 1.62 bits per heavy atom. The number of fused-ring (bicyclic) bond motifs is 2. The van der Waals surface area contributed by atoms with E-state index in [4.69, 9.17) is 16.3 Å². The second-order valence-electron chi connectivity index (χ2n) is 11.1. The van der Waals surface area contributed by atoms with Crippen LogP contribution in [0.1, 0.15) is 37.8 Å². The van der Waals surface area contributed by atoms with Crippen molar-refractivity contribution in [3.05, 3.63) is 76.8 Å². The maximum absolute atomic E-state index is 6.68. The zero-order valence-electron chi connectivity index (χ0n) is 23.9. The molecule has 0 spiro atoms. The quantitative estimate of drug-likeness (QED) is 0.165. The molecule has 214 valence electrons. The largest absolute Gasteiger partial charge is 0.492 e. The first kappa shape index (κ1) is 29.3. The molecule has 3 aromatic carbocycles. The molecule has 5 nitrogen and oxygen atoms in total. The van der Waals surface area contributed by atoms with Crippen LogP contribution in [-0.2, 0) is 12.8 Å². The van der Waals surface area contributed by atoms with Crippen LogP contribution < -0.4 is 15.4 Å². The maximum Gasteiger partial charge on any atom is 0.119 e. The van der Waals surface area contributed by atoms with Gasteiger partial charge in [0.2, 0.25) is 0 Å². The number of anilines is 2. The average Bonchev–Trinajstić information content (AvgIpc) is 2.97. The molecule has 2 aliphatic heterocycles. The fourth-order valence-electron chi connectivity index (χ4n) is 5.42. The molecule has 0 atom stereocenters. The van der Waals surface area contributed by atoms with E-state index in [9.17, 15) is 0 Å². The normalized spacial score (nSPS) is 15.5. The van der Waals surface area contributed by atoms with Crippen molar-refractivity contribution in [1.82, 2.24) is 15.1 Å². The summed E-state index contributed by atoms with van der Waals surface area (Å²) in [6.45, 7) is 12.7. The molecular formula is C33H43ClN4OS. The van der Waals surface area contributed by atoms with Crippen LogP contribution in [0.25, 0.3) is 0 Å². The summed E-state index contributed by atoms with van der Waals surface area (Å²) in [6, 6.07) is 21.9. The molecule has 0 amide bonds. The van der Waals surface area contributed by atoms with Gasteiger partial charge in [-0.2, -0.15) is 0 Å². The Balaban J connectivity index is 0.989. The number of rotatable bonds is 13. The number of benzene rings is 3. The van der Waals surface area contributed by atoms with E-state index in [1.54, 1.807) is 0 Å². The van der Waals surface area contributed by atoms with Gasteiger partial charge in [0.25, 0.3) is 0 Å². The van der Waals surface area contributed by atoms with Gasteiger partial charge < -0.3 is 20.3 Å². The van der Waals surface area contributed by atoms with E-state index in [1.807, 2.05) is 11.8 Å². The van der Waals surface area contributed by atoms with Gasteiger partial charge in [-0.15, -0.1) is 0 Å². The molecule has 1 fully saturated rings. The molecule has 1 saturated heterocycles. The average molecular weight is 579 g/mol. The minimum absolute atomic E-state index is 0.556. The lowest BCUT2D eigenvalue weighted by atomic mass is 10.1. The number of para-hydroxylation sites is 1. The lowest BCUT2D eigenvalue weighted by Gasteiger charge is -2.34. The van der Waals surface area contributed by atoms with Crippen molar-refractivity contribution in [3.8, 4) is 5.75 Å². The van der Waals surface area contributed by atoms with E-state index in [-0.39, 0.29) is 0 Å². The molecule has 0 unspecified atom stereocenters. The van der Waals surface area contributed by atoms with E-state index in [2.05, 4.69) is 94.9 Å². The molecule has 2 N–H and O–H groups in total. The van der Waals surface area contributed by atoms with Crippen LogP contribution in [0.4, 0.5) is 11.4 Å². The molecule has 5 rings (SSSR count). The highest BCUT2D eigenvalue weighted by Gasteiger charge is 2.21. The number of halogens is 1. The van der Waals surface area contributed by atoms with E-state index >= 15 is 0 Å². The van der Waals surface area contributed by atoms with Crippen molar-refractivity contribution >= 4 is 34.7 Å². The number of piperazine rings is 1. The molecule has 0 bridgehead atoms. The van der Waals surface area contributed by atoms with Crippen LogP contribution >= 0.6 is 23.4 Å². The van der Waals surface area contributed by atoms with Gasteiger partial charge in [0.15, 0.2) is 0 Å². The number of aryl methyl sites for hydroxylation is 1. The molecule has 3 aromatic rings. The molecular weight excluding hydrogens is 536 g/mol.